The topological polar surface area (TPSA) is 0 Å². The molecule has 0 saturated heterocycles. The molecule has 0 amide bonds. The fourth-order valence-corrected chi connectivity index (χ4v) is 4.29. The van der Waals surface area contributed by atoms with Crippen LogP contribution in [0.5, 0.6) is 0 Å². The molecule has 4 aromatic carbocycles. The standard InChI is InChI=1S/C31H28F4/c1-2-3-4-5-6-7-21-8-10-22(11-9-21)23-12-14-24(15-13-23)25-16-17-27(28(32)18-25)26-19-29(33)31(35)30(34)20-26/h8-20H,2-7H2,1H3. The highest BCUT2D eigenvalue weighted by molar-refractivity contribution is 5.73. The van der Waals surface area contributed by atoms with Gasteiger partial charge in [-0.05, 0) is 64.4 Å². The smallest absolute Gasteiger partial charge is 0.194 e. The lowest BCUT2D eigenvalue weighted by atomic mass is 9.97. The van der Waals surface area contributed by atoms with E-state index in [1.54, 1.807) is 6.07 Å². The molecule has 0 aliphatic rings. The maximum absolute atomic E-state index is 14.8. The molecule has 0 saturated carbocycles. The minimum Gasteiger partial charge on any atom is -0.206 e. The summed E-state index contributed by atoms with van der Waals surface area (Å²) in [7, 11) is 0. The molecule has 0 nitrogen and oxygen atoms in total. The van der Waals surface area contributed by atoms with E-state index in [1.807, 2.05) is 24.3 Å². The zero-order chi connectivity index (χ0) is 24.8. The maximum Gasteiger partial charge on any atom is 0.194 e. The van der Waals surface area contributed by atoms with E-state index in [0.29, 0.717) is 5.56 Å². The predicted octanol–water partition coefficient (Wildman–Crippen LogP) is 9.76. The van der Waals surface area contributed by atoms with Gasteiger partial charge in [0.15, 0.2) is 17.5 Å². The highest BCUT2D eigenvalue weighted by atomic mass is 19.2. The van der Waals surface area contributed by atoms with Gasteiger partial charge in [-0.2, -0.15) is 0 Å². The fraction of sp³-hybridized carbons (Fsp3) is 0.226. The van der Waals surface area contributed by atoms with Crippen molar-refractivity contribution >= 4 is 0 Å². The van der Waals surface area contributed by atoms with Gasteiger partial charge in [0.2, 0.25) is 0 Å². The lowest BCUT2D eigenvalue weighted by molar-refractivity contribution is 0.447. The Morgan fingerprint density at radius 2 is 0.971 bits per heavy atom. The summed E-state index contributed by atoms with van der Waals surface area (Å²) >= 11 is 0. The summed E-state index contributed by atoms with van der Waals surface area (Å²) in [5.41, 5.74) is 4.95. The van der Waals surface area contributed by atoms with Crippen LogP contribution in [0.3, 0.4) is 0 Å². The van der Waals surface area contributed by atoms with E-state index >= 15 is 0 Å². The summed E-state index contributed by atoms with van der Waals surface area (Å²) < 4.78 is 55.1. The molecule has 4 rings (SSSR count). The Morgan fingerprint density at radius 1 is 0.486 bits per heavy atom. The number of hydrogen-bond acceptors (Lipinski definition) is 0. The molecule has 0 fully saturated rings. The van der Waals surface area contributed by atoms with E-state index in [2.05, 4.69) is 31.2 Å². The average Bonchev–Trinajstić information content (AvgIpc) is 2.87. The van der Waals surface area contributed by atoms with Gasteiger partial charge in [0.1, 0.15) is 5.82 Å². The van der Waals surface area contributed by atoms with E-state index in [-0.39, 0.29) is 11.1 Å². The number of halogens is 4. The third-order valence-corrected chi connectivity index (χ3v) is 6.34. The molecular weight excluding hydrogens is 448 g/mol. The minimum atomic E-state index is -1.57. The first-order valence-corrected chi connectivity index (χ1v) is 12.1. The Labute approximate surface area is 204 Å². The first-order chi connectivity index (χ1) is 17.0. The van der Waals surface area contributed by atoms with Crippen LogP contribution in [0.25, 0.3) is 33.4 Å². The van der Waals surface area contributed by atoms with Gasteiger partial charge in [0.05, 0.1) is 0 Å². The summed E-state index contributed by atoms with van der Waals surface area (Å²) in [6.07, 6.45) is 7.45. The molecule has 0 spiro atoms. The molecule has 0 radical (unpaired) electrons. The zero-order valence-electron chi connectivity index (χ0n) is 19.8. The van der Waals surface area contributed by atoms with Gasteiger partial charge in [0.25, 0.3) is 0 Å². The van der Waals surface area contributed by atoms with Crippen LogP contribution >= 0.6 is 0 Å². The van der Waals surface area contributed by atoms with Crippen molar-refractivity contribution < 1.29 is 17.6 Å². The summed E-state index contributed by atoms with van der Waals surface area (Å²) in [6, 6.07) is 22.5. The van der Waals surface area contributed by atoms with Crippen LogP contribution in [0.1, 0.15) is 44.6 Å². The predicted molar refractivity (Wildman–Crippen MR) is 135 cm³/mol. The van der Waals surface area contributed by atoms with Crippen molar-refractivity contribution in [2.45, 2.75) is 45.4 Å². The lowest BCUT2D eigenvalue weighted by Crippen LogP contribution is -1.94. The van der Waals surface area contributed by atoms with Gasteiger partial charge in [0, 0.05) is 5.56 Å². The highest BCUT2D eigenvalue weighted by Gasteiger charge is 2.14. The van der Waals surface area contributed by atoms with Crippen LogP contribution in [0.2, 0.25) is 0 Å². The molecule has 0 atom stereocenters. The second-order valence-electron chi connectivity index (χ2n) is 8.89. The highest BCUT2D eigenvalue weighted by Crippen LogP contribution is 2.31. The van der Waals surface area contributed by atoms with Gasteiger partial charge in [-0.3, -0.25) is 0 Å². The largest absolute Gasteiger partial charge is 0.206 e. The molecule has 0 unspecified atom stereocenters. The van der Waals surface area contributed by atoms with E-state index in [0.717, 1.165) is 35.2 Å². The van der Waals surface area contributed by atoms with Gasteiger partial charge in [-0.25, -0.2) is 17.6 Å². The van der Waals surface area contributed by atoms with Crippen molar-refractivity contribution in [1.29, 1.82) is 0 Å². The lowest BCUT2D eigenvalue weighted by Gasteiger charge is -2.09. The van der Waals surface area contributed by atoms with Crippen LogP contribution in [0.15, 0.2) is 78.9 Å². The molecule has 35 heavy (non-hydrogen) atoms. The molecule has 0 bridgehead atoms. The molecule has 180 valence electrons. The molecule has 0 aliphatic heterocycles. The van der Waals surface area contributed by atoms with E-state index in [1.165, 1.54) is 49.8 Å². The average molecular weight is 477 g/mol. The third-order valence-electron chi connectivity index (χ3n) is 6.34. The van der Waals surface area contributed by atoms with Crippen molar-refractivity contribution in [1.82, 2.24) is 0 Å². The number of hydrogen-bond donors (Lipinski definition) is 0. The normalized spacial score (nSPS) is 11.1. The van der Waals surface area contributed by atoms with Crippen molar-refractivity contribution in [3.05, 3.63) is 108 Å². The maximum atomic E-state index is 14.8. The summed E-state index contributed by atoms with van der Waals surface area (Å²) in [4.78, 5) is 0. The van der Waals surface area contributed by atoms with Crippen molar-refractivity contribution in [3.63, 3.8) is 0 Å². The van der Waals surface area contributed by atoms with Crippen LogP contribution in [-0.4, -0.2) is 0 Å². The van der Waals surface area contributed by atoms with Crippen LogP contribution < -0.4 is 0 Å². The van der Waals surface area contributed by atoms with Crippen LogP contribution in [0.4, 0.5) is 17.6 Å². The molecular formula is C31H28F4. The van der Waals surface area contributed by atoms with E-state index < -0.39 is 23.3 Å². The monoisotopic (exact) mass is 476 g/mol. The van der Waals surface area contributed by atoms with E-state index in [9.17, 15) is 17.6 Å². The Hall–Kier alpha value is -3.40. The number of benzene rings is 4. The minimum absolute atomic E-state index is 0.00798. The molecule has 4 heteroatoms. The Morgan fingerprint density at radius 3 is 1.54 bits per heavy atom. The molecule has 0 heterocycles. The second-order valence-corrected chi connectivity index (χ2v) is 8.89. The number of aryl methyl sites for hydroxylation is 1. The first-order valence-electron chi connectivity index (χ1n) is 12.1. The quantitative estimate of drug-likeness (QED) is 0.128. The molecule has 0 aliphatic carbocycles. The molecule has 4 aromatic rings. The molecule has 0 aromatic heterocycles. The van der Waals surface area contributed by atoms with E-state index in [4.69, 9.17) is 0 Å². The molecule has 0 N–H and O–H groups in total. The van der Waals surface area contributed by atoms with Gasteiger partial charge in [-0.1, -0.05) is 93.3 Å². The SMILES string of the molecule is CCCCCCCc1ccc(-c2ccc(-c3ccc(-c4cc(F)c(F)c(F)c4)c(F)c3)cc2)cc1. The Kier molecular flexibility index (Phi) is 8.02. The first kappa shape index (κ1) is 24.7. The van der Waals surface area contributed by atoms with Gasteiger partial charge >= 0.3 is 0 Å². The van der Waals surface area contributed by atoms with Gasteiger partial charge in [-0.15, -0.1) is 0 Å². The summed E-state index contributed by atoms with van der Waals surface area (Å²) in [5, 5.41) is 0. The van der Waals surface area contributed by atoms with Crippen LogP contribution in [-0.2, 0) is 6.42 Å². The summed E-state index contributed by atoms with van der Waals surface area (Å²) in [5.74, 6) is -4.90. The number of rotatable bonds is 9. The third kappa shape index (κ3) is 6.00. The number of unbranched alkanes of at least 4 members (excludes halogenated alkanes) is 4. The summed E-state index contributed by atoms with van der Waals surface area (Å²) in [6.45, 7) is 2.22. The van der Waals surface area contributed by atoms with Gasteiger partial charge < -0.3 is 0 Å². The van der Waals surface area contributed by atoms with Crippen molar-refractivity contribution in [3.8, 4) is 33.4 Å². The Balaban J connectivity index is 1.46. The van der Waals surface area contributed by atoms with Crippen molar-refractivity contribution in [2.75, 3.05) is 0 Å². The second kappa shape index (κ2) is 11.4. The fourth-order valence-electron chi connectivity index (χ4n) is 4.29. The zero-order valence-corrected chi connectivity index (χ0v) is 19.8. The van der Waals surface area contributed by atoms with Crippen LogP contribution in [0, 0.1) is 23.3 Å². The Bertz CT molecular complexity index is 1250. The van der Waals surface area contributed by atoms with Crippen molar-refractivity contribution in [2.24, 2.45) is 0 Å².